The van der Waals surface area contributed by atoms with E-state index >= 15 is 0 Å². The van der Waals surface area contributed by atoms with Crippen molar-refractivity contribution in [1.29, 1.82) is 0 Å². The molecule has 1 heterocycles. The first kappa shape index (κ1) is 26.7. The van der Waals surface area contributed by atoms with Gasteiger partial charge in [-0.3, -0.25) is 0 Å². The number of para-hydroxylation sites is 1. The predicted molar refractivity (Wildman–Crippen MR) is 188 cm³/mol. The first-order valence-corrected chi connectivity index (χ1v) is 16.0. The lowest BCUT2D eigenvalue weighted by Gasteiger charge is -2.38. The number of hydrogen-bond donors (Lipinski definition) is 0. The molecule has 1 atom stereocenters. The lowest BCUT2D eigenvalue weighted by atomic mass is 9.67. The summed E-state index contributed by atoms with van der Waals surface area (Å²) in [6.45, 7) is 2.32. The molecule has 9 rings (SSSR count). The molecule has 0 fully saturated rings. The quantitative estimate of drug-likeness (QED) is 0.199. The molecular formula is C45H32O. The summed E-state index contributed by atoms with van der Waals surface area (Å²) in [5, 5.41) is 0. The van der Waals surface area contributed by atoms with Gasteiger partial charge in [-0.2, -0.15) is 0 Å². The maximum atomic E-state index is 6.65. The Morgan fingerprint density at radius 2 is 0.848 bits per heavy atom. The number of hydrogen-bond acceptors (Lipinski definition) is 1. The predicted octanol–water partition coefficient (Wildman–Crippen LogP) is 11.2. The van der Waals surface area contributed by atoms with E-state index in [2.05, 4.69) is 183 Å². The van der Waals surface area contributed by atoms with Gasteiger partial charge >= 0.3 is 0 Å². The smallest absolute Gasteiger partial charge is 0.132 e. The van der Waals surface area contributed by atoms with Crippen LogP contribution in [-0.2, 0) is 10.8 Å². The van der Waals surface area contributed by atoms with Crippen molar-refractivity contribution in [3.8, 4) is 33.8 Å². The zero-order valence-corrected chi connectivity index (χ0v) is 25.7. The van der Waals surface area contributed by atoms with Crippen LogP contribution in [0.15, 0.2) is 176 Å². The van der Waals surface area contributed by atoms with Crippen LogP contribution in [0.3, 0.4) is 0 Å². The highest BCUT2D eigenvalue weighted by Gasteiger charge is 2.46. The Morgan fingerprint density at radius 1 is 0.370 bits per heavy atom. The average Bonchev–Trinajstić information content (AvgIpc) is 3.43. The normalized spacial score (nSPS) is 16.8. The minimum absolute atomic E-state index is 0.328. The molecule has 218 valence electrons. The molecule has 46 heavy (non-hydrogen) atoms. The van der Waals surface area contributed by atoms with Gasteiger partial charge in [0.15, 0.2) is 0 Å². The average molecular weight is 589 g/mol. The molecule has 0 bridgehead atoms. The SMILES string of the molecule is CC1(c2ccccc2)c2ccccc2Oc2cc(-c3ccc4c(c3)-c3ccccc3C4(c3ccccc3)c3ccccc3)ccc21. The Kier molecular flexibility index (Phi) is 5.92. The third kappa shape index (κ3) is 3.69. The molecule has 0 aromatic heterocycles. The van der Waals surface area contributed by atoms with E-state index in [4.69, 9.17) is 4.74 Å². The third-order valence-electron chi connectivity index (χ3n) is 10.3. The summed E-state index contributed by atoms with van der Waals surface area (Å²) < 4.78 is 6.65. The molecule has 0 amide bonds. The van der Waals surface area contributed by atoms with Gasteiger partial charge in [-0.25, -0.2) is 0 Å². The highest BCUT2D eigenvalue weighted by atomic mass is 16.5. The summed E-state index contributed by atoms with van der Waals surface area (Å²) >= 11 is 0. The molecule has 2 aliphatic rings. The molecule has 1 aliphatic heterocycles. The van der Waals surface area contributed by atoms with Crippen molar-refractivity contribution in [2.45, 2.75) is 17.8 Å². The zero-order valence-electron chi connectivity index (χ0n) is 25.7. The van der Waals surface area contributed by atoms with E-state index in [0.29, 0.717) is 0 Å². The Labute approximate surface area is 270 Å². The summed E-state index contributed by atoms with van der Waals surface area (Å²) in [7, 11) is 0. The monoisotopic (exact) mass is 588 g/mol. The minimum Gasteiger partial charge on any atom is -0.457 e. The Bertz CT molecular complexity index is 2190. The van der Waals surface area contributed by atoms with Crippen LogP contribution in [0, 0.1) is 0 Å². The van der Waals surface area contributed by atoms with E-state index in [-0.39, 0.29) is 5.41 Å². The van der Waals surface area contributed by atoms with Crippen LogP contribution < -0.4 is 4.74 Å². The van der Waals surface area contributed by atoms with Gasteiger partial charge < -0.3 is 4.74 Å². The second-order valence-corrected chi connectivity index (χ2v) is 12.6. The molecule has 1 unspecified atom stereocenters. The summed E-state index contributed by atoms with van der Waals surface area (Å²) in [5.74, 6) is 1.82. The second-order valence-electron chi connectivity index (χ2n) is 12.6. The maximum Gasteiger partial charge on any atom is 0.132 e. The van der Waals surface area contributed by atoms with Crippen LogP contribution in [0.25, 0.3) is 22.3 Å². The number of fused-ring (bicyclic) bond motifs is 5. The van der Waals surface area contributed by atoms with Gasteiger partial charge in [0.2, 0.25) is 0 Å². The molecule has 7 aromatic rings. The third-order valence-corrected chi connectivity index (χ3v) is 10.3. The zero-order chi connectivity index (χ0) is 30.7. The summed E-state index contributed by atoms with van der Waals surface area (Å²) in [6, 6.07) is 63.9. The summed E-state index contributed by atoms with van der Waals surface area (Å²) in [5.41, 5.74) is 13.0. The van der Waals surface area contributed by atoms with E-state index in [1.165, 1.54) is 55.6 Å². The Hall–Kier alpha value is -5.66. The van der Waals surface area contributed by atoms with Gasteiger partial charge in [-0.15, -0.1) is 0 Å². The number of ether oxygens (including phenoxy) is 1. The van der Waals surface area contributed by atoms with E-state index in [1.54, 1.807) is 0 Å². The standard InChI is InChI=1S/C45H32O/c1-44(33-15-5-2-6-16-33)40-23-13-14-24-42(40)46-43-30-32(26-28-41(43)44)31-25-27-39-37(29-31)36-21-11-12-22-38(36)45(39,34-17-7-3-8-18-34)35-19-9-4-10-20-35/h2-30H,1H3. The lowest BCUT2D eigenvalue weighted by Crippen LogP contribution is -2.29. The fraction of sp³-hybridized carbons (Fsp3) is 0.0667. The van der Waals surface area contributed by atoms with Crippen LogP contribution in [0.4, 0.5) is 0 Å². The largest absolute Gasteiger partial charge is 0.457 e. The summed E-state index contributed by atoms with van der Waals surface area (Å²) in [4.78, 5) is 0. The molecule has 7 aromatic carbocycles. The van der Waals surface area contributed by atoms with Gasteiger partial charge in [0.05, 0.1) is 5.41 Å². The molecule has 1 aliphatic carbocycles. The Morgan fingerprint density at radius 3 is 1.52 bits per heavy atom. The minimum atomic E-state index is -0.396. The van der Waals surface area contributed by atoms with Crippen molar-refractivity contribution in [3.05, 3.63) is 215 Å². The summed E-state index contributed by atoms with van der Waals surface area (Å²) in [6.07, 6.45) is 0. The first-order valence-electron chi connectivity index (χ1n) is 16.0. The molecular weight excluding hydrogens is 556 g/mol. The van der Waals surface area contributed by atoms with Crippen molar-refractivity contribution in [1.82, 2.24) is 0 Å². The van der Waals surface area contributed by atoms with E-state index in [1.807, 2.05) is 0 Å². The van der Waals surface area contributed by atoms with Crippen molar-refractivity contribution in [2.24, 2.45) is 0 Å². The molecule has 1 nitrogen and oxygen atoms in total. The molecule has 0 N–H and O–H groups in total. The fourth-order valence-corrected chi connectivity index (χ4v) is 8.14. The highest BCUT2D eigenvalue weighted by Crippen LogP contribution is 2.57. The van der Waals surface area contributed by atoms with Crippen LogP contribution in [0.5, 0.6) is 11.5 Å². The Balaban J connectivity index is 1.23. The van der Waals surface area contributed by atoms with E-state index in [0.717, 1.165) is 17.1 Å². The van der Waals surface area contributed by atoms with Crippen LogP contribution >= 0.6 is 0 Å². The van der Waals surface area contributed by atoms with E-state index in [9.17, 15) is 0 Å². The van der Waals surface area contributed by atoms with Gasteiger partial charge in [0.1, 0.15) is 11.5 Å². The van der Waals surface area contributed by atoms with Crippen LogP contribution in [-0.4, -0.2) is 0 Å². The topological polar surface area (TPSA) is 9.23 Å². The molecule has 0 spiro atoms. The maximum absolute atomic E-state index is 6.65. The second kappa shape index (κ2) is 10.2. The number of rotatable bonds is 4. The van der Waals surface area contributed by atoms with Gasteiger partial charge in [-0.05, 0) is 75.2 Å². The van der Waals surface area contributed by atoms with Crippen LogP contribution in [0.2, 0.25) is 0 Å². The molecule has 0 radical (unpaired) electrons. The van der Waals surface area contributed by atoms with Crippen LogP contribution in [0.1, 0.15) is 45.9 Å². The lowest BCUT2D eigenvalue weighted by molar-refractivity contribution is 0.427. The van der Waals surface area contributed by atoms with Gasteiger partial charge in [-0.1, -0.05) is 158 Å². The number of benzene rings is 7. The highest BCUT2D eigenvalue weighted by molar-refractivity contribution is 5.89. The van der Waals surface area contributed by atoms with E-state index < -0.39 is 5.41 Å². The fourth-order valence-electron chi connectivity index (χ4n) is 8.14. The van der Waals surface area contributed by atoms with Gasteiger partial charge in [0.25, 0.3) is 0 Å². The van der Waals surface area contributed by atoms with Crippen molar-refractivity contribution in [2.75, 3.05) is 0 Å². The molecule has 0 saturated carbocycles. The molecule has 1 heteroatoms. The van der Waals surface area contributed by atoms with Crippen molar-refractivity contribution >= 4 is 0 Å². The van der Waals surface area contributed by atoms with Gasteiger partial charge in [0, 0.05) is 16.5 Å². The van der Waals surface area contributed by atoms with Crippen molar-refractivity contribution in [3.63, 3.8) is 0 Å². The first-order chi connectivity index (χ1) is 22.7. The molecule has 0 saturated heterocycles. The van der Waals surface area contributed by atoms with Crippen molar-refractivity contribution < 1.29 is 4.74 Å².